The number of anilines is 1. The first kappa shape index (κ1) is 32.2. The van der Waals surface area contributed by atoms with E-state index in [0.29, 0.717) is 0 Å². The lowest BCUT2D eigenvalue weighted by Gasteiger charge is -2.28. The first-order valence-electron chi connectivity index (χ1n) is 12.9. The molecule has 2 aromatic rings. The molecule has 0 aliphatic carbocycles. The average molecular weight is 591 g/mol. The van der Waals surface area contributed by atoms with Gasteiger partial charge in [0, 0.05) is 12.8 Å². The van der Waals surface area contributed by atoms with Crippen LogP contribution in [0.4, 0.5) is 10.6 Å². The van der Waals surface area contributed by atoms with Crippen LogP contribution >= 0.6 is 0 Å². The van der Waals surface area contributed by atoms with Gasteiger partial charge in [-0.25, -0.2) is 14.3 Å². The molecule has 1 saturated heterocycles. The highest BCUT2D eigenvalue weighted by atomic mass is 16.8. The van der Waals surface area contributed by atoms with Crippen LogP contribution in [-0.4, -0.2) is 81.5 Å². The lowest BCUT2D eigenvalue weighted by Crippen LogP contribution is -2.49. The Bertz CT molecular complexity index is 1380. The summed E-state index contributed by atoms with van der Waals surface area (Å²) in [6.07, 6.45) is -4.88. The Kier molecular flexibility index (Phi) is 9.71. The fourth-order valence-electron chi connectivity index (χ4n) is 3.93. The van der Waals surface area contributed by atoms with Gasteiger partial charge in [0.05, 0.1) is 5.69 Å². The molecule has 3 heterocycles. The highest BCUT2D eigenvalue weighted by Gasteiger charge is 2.60. The number of nitrogens with zero attached hydrogens (tertiary/aromatic N) is 4. The zero-order chi connectivity index (χ0) is 31.4. The molecule has 0 bridgehead atoms. The third-order valence-electron chi connectivity index (χ3n) is 6.44. The molecule has 1 aliphatic rings. The molecule has 0 saturated carbocycles. The van der Waals surface area contributed by atoms with Crippen molar-refractivity contribution in [2.45, 2.75) is 71.5 Å². The van der Waals surface area contributed by atoms with Gasteiger partial charge in [-0.15, -0.1) is 0 Å². The number of aliphatic hydroxyl groups is 1. The number of carbonyl (C=O) groups is 4. The van der Waals surface area contributed by atoms with Crippen LogP contribution in [-0.2, 0) is 43.7 Å². The van der Waals surface area contributed by atoms with E-state index in [9.17, 15) is 29.5 Å². The van der Waals surface area contributed by atoms with Crippen molar-refractivity contribution in [3.8, 4) is 6.07 Å². The molecule has 0 radical (unpaired) electrons. The minimum Gasteiger partial charge on any atom is -0.455 e. The van der Waals surface area contributed by atoms with Crippen molar-refractivity contribution in [2.75, 3.05) is 18.7 Å². The zero-order valence-electron chi connectivity index (χ0n) is 24.0. The third-order valence-corrected chi connectivity index (χ3v) is 6.44. The largest absolute Gasteiger partial charge is 0.511 e. The number of nitrogens with one attached hydrogen (secondary N) is 1. The van der Waals surface area contributed by atoms with Crippen molar-refractivity contribution in [1.29, 1.82) is 5.26 Å². The van der Waals surface area contributed by atoms with E-state index < -0.39 is 66.9 Å². The van der Waals surface area contributed by atoms with Gasteiger partial charge in [-0.2, -0.15) is 10.4 Å². The molecular formula is C26H34N6O10. The summed E-state index contributed by atoms with van der Waals surface area (Å²) >= 11 is 0. The number of ether oxygens (including phenoxy) is 5. The molecule has 0 aromatic carbocycles. The Hall–Kier alpha value is -4.33. The van der Waals surface area contributed by atoms with Crippen LogP contribution in [0.2, 0.25) is 0 Å². The molecule has 5 atom stereocenters. The minimum absolute atomic E-state index is 0.0102. The second-order valence-corrected chi connectivity index (χ2v) is 10.9. The lowest BCUT2D eigenvalue weighted by molar-refractivity contribution is -0.161. The molecular weight excluding hydrogens is 556 g/mol. The normalized spacial score (nSPS) is 22.7. The highest BCUT2D eigenvalue weighted by molar-refractivity contribution is 5.94. The molecule has 16 heteroatoms. The molecule has 0 spiro atoms. The van der Waals surface area contributed by atoms with Gasteiger partial charge < -0.3 is 39.8 Å². The number of nitriles is 1. The fourth-order valence-corrected chi connectivity index (χ4v) is 3.93. The van der Waals surface area contributed by atoms with E-state index in [-0.39, 0.29) is 28.9 Å². The maximum absolute atomic E-state index is 12.9. The van der Waals surface area contributed by atoms with Crippen LogP contribution in [0.5, 0.6) is 0 Å². The van der Waals surface area contributed by atoms with Crippen molar-refractivity contribution in [3.63, 3.8) is 0 Å². The molecule has 2 aromatic heterocycles. The second-order valence-electron chi connectivity index (χ2n) is 10.9. The molecule has 1 aliphatic heterocycles. The van der Waals surface area contributed by atoms with Crippen LogP contribution in [0.1, 0.15) is 47.2 Å². The summed E-state index contributed by atoms with van der Waals surface area (Å²) in [5.41, 5.74) is 3.42. The second kappa shape index (κ2) is 12.7. The number of aromatic nitrogens is 3. The van der Waals surface area contributed by atoms with E-state index >= 15 is 0 Å². The van der Waals surface area contributed by atoms with E-state index in [1.54, 1.807) is 34.6 Å². The summed E-state index contributed by atoms with van der Waals surface area (Å²) in [5, 5.41) is 28.7. The van der Waals surface area contributed by atoms with E-state index in [4.69, 9.17) is 19.9 Å². The van der Waals surface area contributed by atoms with Crippen LogP contribution in [0.25, 0.3) is 5.52 Å². The van der Waals surface area contributed by atoms with Gasteiger partial charge in [0.15, 0.2) is 11.9 Å². The summed E-state index contributed by atoms with van der Waals surface area (Å²) in [4.78, 5) is 52.3. The van der Waals surface area contributed by atoms with Crippen LogP contribution in [0.15, 0.2) is 18.5 Å². The first-order chi connectivity index (χ1) is 19.6. The summed E-state index contributed by atoms with van der Waals surface area (Å²) < 4.78 is 26.9. The standard InChI is InChI=1S/C26H34N6O10/c1-13(2)22(35)31-21-15-7-8-17(32(15)30-11-29-21)26(10-27)20(34)18(41-23(36)19(28)25(4,5)6)16(42-26)9-38-24(37)40-12-39-14(3)33/h7-8,11,13,16,18-20,34H,9,12,28H2,1-6H3,(H,29,30,31,35)/t16-,18-,19-,20-,26+/m1/s1. The molecule has 4 N–H and O–H groups in total. The van der Waals surface area contributed by atoms with E-state index in [0.717, 1.165) is 13.3 Å². The van der Waals surface area contributed by atoms with Crippen molar-refractivity contribution in [3.05, 3.63) is 24.2 Å². The van der Waals surface area contributed by atoms with Crippen molar-refractivity contribution in [2.24, 2.45) is 17.1 Å². The topological polar surface area (TPSA) is 227 Å². The molecule has 228 valence electrons. The van der Waals surface area contributed by atoms with Gasteiger partial charge in [-0.05, 0) is 17.5 Å². The van der Waals surface area contributed by atoms with E-state index in [2.05, 4.69) is 24.9 Å². The van der Waals surface area contributed by atoms with Gasteiger partial charge in [0.2, 0.25) is 18.3 Å². The molecule has 1 amide bonds. The number of fused-ring (bicyclic) bond motifs is 1. The third kappa shape index (κ3) is 6.75. The number of amides is 1. The molecule has 3 rings (SSSR count). The zero-order valence-corrected chi connectivity index (χ0v) is 24.0. The molecule has 42 heavy (non-hydrogen) atoms. The summed E-state index contributed by atoms with van der Waals surface area (Å²) in [6, 6.07) is 3.75. The average Bonchev–Trinajstić information content (AvgIpc) is 3.46. The highest BCUT2D eigenvalue weighted by Crippen LogP contribution is 2.42. The van der Waals surface area contributed by atoms with Gasteiger partial charge in [-0.1, -0.05) is 34.6 Å². The number of carbonyl (C=O) groups excluding carboxylic acids is 4. The van der Waals surface area contributed by atoms with Crippen molar-refractivity contribution >= 4 is 35.3 Å². The van der Waals surface area contributed by atoms with Crippen molar-refractivity contribution < 1.29 is 48.0 Å². The quantitative estimate of drug-likeness (QED) is 0.208. The Morgan fingerprint density at radius 3 is 2.52 bits per heavy atom. The molecule has 1 fully saturated rings. The Morgan fingerprint density at radius 2 is 1.93 bits per heavy atom. The Balaban J connectivity index is 1.97. The van der Waals surface area contributed by atoms with Gasteiger partial charge in [0.1, 0.15) is 42.8 Å². The lowest BCUT2D eigenvalue weighted by atomic mass is 9.87. The summed E-state index contributed by atoms with van der Waals surface area (Å²) in [7, 11) is 0. The predicted octanol–water partition coefficient (Wildman–Crippen LogP) is 0.761. The molecule has 16 nitrogen and oxygen atoms in total. The van der Waals surface area contributed by atoms with Crippen molar-refractivity contribution in [1.82, 2.24) is 14.6 Å². The number of aliphatic hydroxyl groups excluding tert-OH is 1. The maximum atomic E-state index is 12.9. The van der Waals surface area contributed by atoms with Gasteiger partial charge in [0.25, 0.3) is 0 Å². The van der Waals surface area contributed by atoms with Crippen LogP contribution in [0, 0.1) is 22.7 Å². The van der Waals surface area contributed by atoms with Gasteiger partial charge in [-0.3, -0.25) is 14.4 Å². The Labute approximate surface area is 241 Å². The number of esters is 2. The summed E-state index contributed by atoms with van der Waals surface area (Å²) in [5.74, 6) is -2.11. The number of hydrogen-bond donors (Lipinski definition) is 3. The SMILES string of the molecule is CC(=O)OCOC(=O)OC[C@H]1O[C@@](C#N)(c2ccc3c(NC(=O)C(C)C)ncnn23)[C@H](O)[C@@H]1OC(=O)[C@@H](N)C(C)(C)C. The van der Waals surface area contributed by atoms with Gasteiger partial charge >= 0.3 is 18.1 Å². The van der Waals surface area contributed by atoms with Crippen LogP contribution in [0.3, 0.4) is 0 Å². The Morgan fingerprint density at radius 1 is 1.24 bits per heavy atom. The fraction of sp³-hybridized carbons (Fsp3) is 0.577. The monoisotopic (exact) mass is 590 g/mol. The predicted molar refractivity (Wildman–Crippen MR) is 141 cm³/mol. The van der Waals surface area contributed by atoms with Crippen LogP contribution < -0.4 is 11.1 Å². The van der Waals surface area contributed by atoms with E-state index in [1.165, 1.54) is 16.6 Å². The number of rotatable bonds is 9. The smallest absolute Gasteiger partial charge is 0.455 e. The first-order valence-corrected chi connectivity index (χ1v) is 12.9. The number of hydrogen-bond acceptors (Lipinski definition) is 14. The minimum atomic E-state index is -2.20. The molecule has 0 unspecified atom stereocenters. The maximum Gasteiger partial charge on any atom is 0.511 e. The number of nitrogens with two attached hydrogens (primary N) is 1. The van der Waals surface area contributed by atoms with E-state index in [1.807, 2.05) is 6.07 Å². The summed E-state index contributed by atoms with van der Waals surface area (Å²) in [6.45, 7) is 8.29.